The Balaban J connectivity index is 1.07. The van der Waals surface area contributed by atoms with Gasteiger partial charge >= 0.3 is 0 Å². The quantitative estimate of drug-likeness (QED) is 0.128. The highest BCUT2D eigenvalue weighted by Gasteiger charge is 3.05. The van der Waals surface area contributed by atoms with Crippen LogP contribution in [0.1, 0.15) is 44.5 Å². The van der Waals surface area contributed by atoms with Crippen molar-refractivity contribution in [2.75, 3.05) is 9.80 Å². The molecule has 324 valence electrons. The van der Waals surface area contributed by atoms with Crippen molar-refractivity contribution in [3.63, 3.8) is 0 Å². The zero-order valence-electron chi connectivity index (χ0n) is 39.4. The van der Waals surface area contributed by atoms with Crippen LogP contribution in [0.2, 0.25) is 0 Å². The summed E-state index contributed by atoms with van der Waals surface area (Å²) in [6.07, 6.45) is 0. The third-order valence-electron chi connectivity index (χ3n) is 27.7. The number of benzene rings is 19. The van der Waals surface area contributed by atoms with E-state index in [0.29, 0.717) is 11.1 Å². The van der Waals surface area contributed by atoms with Crippen LogP contribution in [0.4, 0.5) is 11.4 Å². The summed E-state index contributed by atoms with van der Waals surface area (Å²) >= 11 is 0. The number of hydrogen-bond acceptors (Lipinski definition) is 4. The summed E-state index contributed by atoms with van der Waals surface area (Å²) in [4.78, 5) is 6.17. The lowest BCUT2D eigenvalue weighted by Gasteiger charge is -2.36. The minimum Gasteiger partial charge on any atom is -0.339 e. The maximum Gasteiger partial charge on any atom is 0.130 e. The molecular weight excluding hydrogens is 945 g/mol. The van der Waals surface area contributed by atoms with Crippen LogP contribution in [0.15, 0.2) is 48.5 Å². The highest BCUT2D eigenvalue weighted by molar-refractivity contribution is 6.81. The molecule has 0 radical (unpaired) electrons. The summed E-state index contributed by atoms with van der Waals surface area (Å²) in [5.41, 5.74) is 11.6. The van der Waals surface area contributed by atoms with E-state index in [2.05, 4.69) is 70.5 Å². The van der Waals surface area contributed by atoms with E-state index in [4.69, 9.17) is 0 Å². The van der Waals surface area contributed by atoms with Gasteiger partial charge in [-0.3, -0.25) is 0 Å². The molecule has 4 unspecified atom stereocenters. The summed E-state index contributed by atoms with van der Waals surface area (Å²) in [7, 11) is 0. The molecule has 0 N–H and O–H groups in total. The van der Waals surface area contributed by atoms with Crippen LogP contribution >= 0.6 is 0 Å². The molecule has 0 saturated carbocycles. The molecule has 4 spiro atoms. The molecular formula is C74H8N4. The second kappa shape index (κ2) is 6.56. The van der Waals surface area contributed by atoms with Gasteiger partial charge in [0.25, 0.3) is 0 Å². The monoisotopic (exact) mass is 952 g/mol. The van der Waals surface area contributed by atoms with E-state index in [-0.39, 0.29) is 0 Å². The molecule has 0 aromatic heterocycles. The first-order valence-corrected chi connectivity index (χ1v) is 28.4. The van der Waals surface area contributed by atoms with Gasteiger partial charge in [0.05, 0.1) is 23.3 Å². The van der Waals surface area contributed by atoms with Gasteiger partial charge in [-0.25, -0.2) is 0 Å². The van der Waals surface area contributed by atoms with Crippen LogP contribution < -0.4 is 9.80 Å². The average Bonchev–Trinajstić information content (AvgIpc) is 1.40. The summed E-state index contributed by atoms with van der Waals surface area (Å²) in [6.45, 7) is 0. The largest absolute Gasteiger partial charge is 0.339 e. The molecule has 2 saturated heterocycles. The Morgan fingerprint density at radius 2 is 0.385 bits per heavy atom. The Morgan fingerprint density at radius 1 is 0.205 bits per heavy atom. The second-order valence-corrected chi connectivity index (χ2v) is 27.8. The van der Waals surface area contributed by atoms with Crippen LogP contribution in [-0.4, -0.2) is 0 Å². The molecule has 4 heteroatoms. The Morgan fingerprint density at radius 3 is 0.603 bits per heavy atom. The first-order chi connectivity index (χ1) is 38.8. The number of nitrogens with zero attached hydrogens (tertiary/aromatic N) is 4. The first-order valence-electron chi connectivity index (χ1n) is 28.4. The van der Waals surface area contributed by atoms with Crippen molar-refractivity contribution in [1.29, 1.82) is 10.5 Å². The van der Waals surface area contributed by atoms with Crippen molar-refractivity contribution in [3.8, 4) is 12.1 Å². The van der Waals surface area contributed by atoms with Crippen molar-refractivity contribution < 1.29 is 0 Å². The van der Waals surface area contributed by atoms with E-state index < -0.39 is 22.2 Å². The lowest BCUT2D eigenvalue weighted by atomic mass is 9.58. The Bertz CT molecular complexity index is 7740. The lowest BCUT2D eigenvalue weighted by molar-refractivity contribution is 0.424. The maximum atomic E-state index is 10.5. The van der Waals surface area contributed by atoms with Gasteiger partial charge in [0, 0.05) is 44.8 Å². The molecule has 0 amide bonds. The number of anilines is 2. The zero-order chi connectivity index (χ0) is 46.9. The minimum atomic E-state index is -0.530. The van der Waals surface area contributed by atoms with Gasteiger partial charge in [-0.15, -0.1) is 0 Å². The SMILES string of the molecule is N#Cc1ccc(N2C34c5c6c7c8c9c%10c%11c%12c%13c(c%14c%15c3c3c5c5c7c7c%16c8c8c%10c%10c%11c%11c%13c%13c%14c%14c%15c%15c3c3c5c7c5c7c3c%15c3c%14c%14c%13c%11c%11c%10c%10c8c%16c5c5c%10c%11c%14c3c75)C24C%122N(c3ccc(C#N)cc3)C692)cc1. The van der Waals surface area contributed by atoms with E-state index in [0.717, 1.165) is 0 Å². The van der Waals surface area contributed by atoms with Gasteiger partial charge in [-0.1, -0.05) is 0 Å². The fourth-order valence-electron chi connectivity index (χ4n) is 27.8. The fraction of sp³-hybridized carbons (Fsp3) is 0.0541. The zero-order valence-corrected chi connectivity index (χ0v) is 39.4. The smallest absolute Gasteiger partial charge is 0.130 e. The van der Waals surface area contributed by atoms with Crippen LogP contribution in [0, 0.1) is 22.7 Å². The van der Waals surface area contributed by atoms with Gasteiger partial charge in [0.2, 0.25) is 0 Å². The molecule has 2 fully saturated rings. The molecule has 2 aliphatic heterocycles. The number of rotatable bonds is 2. The van der Waals surface area contributed by atoms with Crippen molar-refractivity contribution in [1.82, 2.24) is 0 Å². The summed E-state index contributed by atoms with van der Waals surface area (Å²) in [6, 6.07) is 23.0. The van der Waals surface area contributed by atoms with E-state index in [1.807, 2.05) is 0 Å². The standard InChI is InChI=1S/C74H8N4/c75-9-11-1-5-13(6-2-11)77-71-65-56-49-41-32-24-17-15-16-18-20-19(17)26-30(24)43(49)51-45-34(26)35-27(20)31-25(18)33-29-22(16)23-21(15)28(32)37-39-36(23)40-38(29)48-42(33)50-44(31)52-46(35)55(45)64-67(60(51)56)73(71,77)74-68(64)61(52)57(50)66-59(48)63-54(40)53(39)62(58(65)47(37)41)69(71)70(63)72(66,74)78(74)14-7-3-12(10-76)4-8-14/h1-8H. The number of nitriles is 2. The topological polar surface area (TPSA) is 53.6 Å². The van der Waals surface area contributed by atoms with Crippen molar-refractivity contribution >= 4 is 281 Å². The fourth-order valence-corrected chi connectivity index (χ4v) is 27.8. The molecule has 4 nitrogen and oxygen atoms in total. The molecule has 28 aromatic carbocycles. The molecule has 0 bridgehead atoms. The summed E-state index contributed by atoms with van der Waals surface area (Å²) in [5.74, 6) is 0. The predicted molar refractivity (Wildman–Crippen MR) is 316 cm³/mol. The van der Waals surface area contributed by atoms with Gasteiger partial charge in [0.1, 0.15) is 22.2 Å². The molecule has 28 aromatic rings. The van der Waals surface area contributed by atoms with Crippen LogP contribution in [0.5, 0.6) is 0 Å². The first kappa shape index (κ1) is 29.1. The van der Waals surface area contributed by atoms with Crippen molar-refractivity contribution in [2.24, 2.45) is 0 Å². The Kier molecular flexibility index (Phi) is 2.45. The molecule has 8 aliphatic rings. The molecule has 78 heavy (non-hydrogen) atoms. The van der Waals surface area contributed by atoms with Gasteiger partial charge in [0.15, 0.2) is 0 Å². The third-order valence-corrected chi connectivity index (χ3v) is 27.7. The second-order valence-electron chi connectivity index (χ2n) is 27.8. The van der Waals surface area contributed by atoms with Gasteiger partial charge < -0.3 is 9.80 Å². The Hall–Kier alpha value is -10.3. The lowest BCUT2D eigenvalue weighted by Crippen LogP contribution is -2.44. The van der Waals surface area contributed by atoms with E-state index >= 15 is 0 Å². The Labute approximate surface area is 426 Å². The van der Waals surface area contributed by atoms with Crippen molar-refractivity contribution in [3.05, 3.63) is 93.0 Å². The van der Waals surface area contributed by atoms with E-state index in [9.17, 15) is 10.5 Å². The van der Waals surface area contributed by atoms with Gasteiger partial charge in [-0.05, 0) is 318 Å². The van der Waals surface area contributed by atoms with E-state index in [1.165, 1.54) is 11.4 Å². The molecule has 36 rings (SSSR count). The summed E-state index contributed by atoms with van der Waals surface area (Å²) in [5, 5.41) is 101. The normalized spacial score (nSPS) is 25.6. The molecule has 6 aliphatic carbocycles. The van der Waals surface area contributed by atoms with Crippen molar-refractivity contribution in [2.45, 2.75) is 22.2 Å². The van der Waals surface area contributed by atoms with Crippen LogP contribution in [-0.2, 0) is 22.2 Å². The van der Waals surface area contributed by atoms with Crippen LogP contribution in [0.25, 0.3) is 269 Å². The predicted octanol–water partition coefficient (Wildman–Crippen LogP) is 17.8. The average molecular weight is 953 g/mol. The van der Waals surface area contributed by atoms with E-state index in [1.54, 1.807) is 303 Å². The minimum absolute atomic E-state index is 0.515. The molecule has 4 atom stereocenters. The van der Waals surface area contributed by atoms with Gasteiger partial charge in [-0.2, -0.15) is 10.5 Å². The summed E-state index contributed by atoms with van der Waals surface area (Å²) < 4.78 is 0. The number of hydrogen-bond donors (Lipinski definition) is 0. The molecule has 2 heterocycles. The third kappa shape index (κ3) is 1.50. The highest BCUT2D eigenvalue weighted by atomic mass is 15.6. The highest BCUT2D eigenvalue weighted by Crippen LogP contribution is 3.01. The maximum absolute atomic E-state index is 10.5. The van der Waals surface area contributed by atoms with Crippen LogP contribution in [0.3, 0.4) is 0 Å².